The van der Waals surface area contributed by atoms with E-state index < -0.39 is 0 Å². The lowest BCUT2D eigenvalue weighted by Crippen LogP contribution is -2.35. The summed E-state index contributed by atoms with van der Waals surface area (Å²) in [5.74, 6) is 0.832. The summed E-state index contributed by atoms with van der Waals surface area (Å²) in [4.78, 5) is 11.8. The van der Waals surface area contributed by atoms with Crippen molar-refractivity contribution in [3.05, 3.63) is 113 Å². The van der Waals surface area contributed by atoms with E-state index in [2.05, 4.69) is 59.9 Å². The summed E-state index contributed by atoms with van der Waals surface area (Å²) < 4.78 is 11.2. The zero-order chi connectivity index (χ0) is 22.6. The minimum Gasteiger partial charge on any atom is -0.489 e. The second-order valence-electron chi connectivity index (χ2n) is 8.45. The van der Waals surface area contributed by atoms with Gasteiger partial charge in [-0.2, -0.15) is 0 Å². The van der Waals surface area contributed by atoms with Gasteiger partial charge in [-0.05, 0) is 46.5 Å². The molecular formula is C29H27NO3. The van der Waals surface area contributed by atoms with Crippen LogP contribution in [0.2, 0.25) is 0 Å². The van der Waals surface area contributed by atoms with E-state index in [4.69, 9.17) is 9.47 Å². The van der Waals surface area contributed by atoms with Crippen LogP contribution in [0.15, 0.2) is 91.0 Å². The van der Waals surface area contributed by atoms with E-state index in [1.807, 2.05) is 36.4 Å². The molecule has 0 saturated heterocycles. The molecule has 0 spiro atoms. The third-order valence-electron chi connectivity index (χ3n) is 6.39. The molecule has 1 N–H and O–H groups in total. The Labute approximate surface area is 194 Å². The summed E-state index contributed by atoms with van der Waals surface area (Å²) in [5.41, 5.74) is 4.22. The van der Waals surface area contributed by atoms with Crippen LogP contribution < -0.4 is 10.1 Å². The highest BCUT2D eigenvalue weighted by molar-refractivity contribution is 5.89. The minimum atomic E-state index is -0.315. The molecule has 1 aliphatic heterocycles. The van der Waals surface area contributed by atoms with Gasteiger partial charge in [-0.15, -0.1) is 0 Å². The maximum atomic E-state index is 11.8. The molecule has 0 aromatic heterocycles. The van der Waals surface area contributed by atoms with Crippen molar-refractivity contribution in [2.75, 3.05) is 13.7 Å². The van der Waals surface area contributed by atoms with Gasteiger partial charge in [-0.1, -0.05) is 72.8 Å². The Morgan fingerprint density at radius 1 is 0.939 bits per heavy atom. The predicted octanol–water partition coefficient (Wildman–Crippen LogP) is 5.70. The van der Waals surface area contributed by atoms with E-state index in [1.54, 1.807) is 0 Å². The van der Waals surface area contributed by atoms with E-state index >= 15 is 0 Å². The topological polar surface area (TPSA) is 47.6 Å². The average Bonchev–Trinajstić information content (AvgIpc) is 2.88. The fraction of sp³-hybridized carbons (Fsp3) is 0.207. The Morgan fingerprint density at radius 2 is 1.70 bits per heavy atom. The third-order valence-corrected chi connectivity index (χ3v) is 6.39. The molecule has 0 saturated carbocycles. The van der Waals surface area contributed by atoms with Crippen LogP contribution in [-0.2, 0) is 11.3 Å². The quantitative estimate of drug-likeness (QED) is 0.393. The zero-order valence-corrected chi connectivity index (χ0v) is 18.7. The summed E-state index contributed by atoms with van der Waals surface area (Å²) in [6.45, 7) is 1.55. The predicted molar refractivity (Wildman–Crippen MR) is 131 cm³/mol. The van der Waals surface area contributed by atoms with Crippen molar-refractivity contribution in [1.82, 2.24) is 5.32 Å². The lowest BCUT2D eigenvalue weighted by atomic mass is 9.84. The van der Waals surface area contributed by atoms with Gasteiger partial charge in [-0.3, -0.25) is 0 Å². The van der Waals surface area contributed by atoms with Gasteiger partial charge in [0.25, 0.3) is 0 Å². The average molecular weight is 438 g/mol. The number of fused-ring (bicyclic) bond motifs is 2. The number of nitrogens with one attached hydrogen (secondary N) is 1. The van der Waals surface area contributed by atoms with Gasteiger partial charge in [0, 0.05) is 24.6 Å². The van der Waals surface area contributed by atoms with Crippen LogP contribution in [0.3, 0.4) is 0 Å². The number of ether oxygens (including phenoxy) is 2. The molecule has 2 unspecified atom stereocenters. The highest BCUT2D eigenvalue weighted by atomic mass is 16.5. The fourth-order valence-electron chi connectivity index (χ4n) is 4.72. The summed E-state index contributed by atoms with van der Waals surface area (Å²) >= 11 is 0. The Bertz CT molecular complexity index is 1260. The normalized spacial score (nSPS) is 17.2. The van der Waals surface area contributed by atoms with Crippen LogP contribution >= 0.6 is 0 Å². The molecular weight excluding hydrogens is 410 g/mol. The standard InChI is InChI=1S/C29H27NO3/c1-32-29(31)22-15-13-21(14-16-22)27-17-24(33-28-12-5-4-11-26(27)28)19-30-18-23-9-6-8-20-7-2-3-10-25(20)23/h2-16,24,27,30H,17-19H2,1H3. The Balaban J connectivity index is 1.32. The molecule has 0 fully saturated rings. The van der Waals surface area contributed by atoms with Crippen molar-refractivity contribution < 1.29 is 14.3 Å². The molecule has 4 nitrogen and oxygen atoms in total. The van der Waals surface area contributed by atoms with Crippen LogP contribution in [0.4, 0.5) is 0 Å². The highest BCUT2D eigenvalue weighted by Gasteiger charge is 2.29. The molecule has 5 rings (SSSR count). The van der Waals surface area contributed by atoms with Gasteiger partial charge in [-0.25, -0.2) is 4.79 Å². The lowest BCUT2D eigenvalue weighted by molar-refractivity contribution is 0.0600. The molecule has 1 heterocycles. The van der Waals surface area contributed by atoms with E-state index in [-0.39, 0.29) is 18.0 Å². The minimum absolute atomic E-state index is 0.0557. The molecule has 4 aromatic carbocycles. The second kappa shape index (κ2) is 9.47. The number of hydrogen-bond acceptors (Lipinski definition) is 4. The van der Waals surface area contributed by atoms with Gasteiger partial charge in [0.15, 0.2) is 0 Å². The van der Waals surface area contributed by atoms with E-state index in [1.165, 1.54) is 34.6 Å². The summed E-state index contributed by atoms with van der Waals surface area (Å²) in [7, 11) is 1.40. The van der Waals surface area contributed by atoms with Gasteiger partial charge in [0.05, 0.1) is 12.7 Å². The van der Waals surface area contributed by atoms with Gasteiger partial charge >= 0.3 is 5.97 Å². The number of esters is 1. The van der Waals surface area contributed by atoms with Crippen LogP contribution in [0.25, 0.3) is 10.8 Å². The number of rotatable bonds is 6. The van der Waals surface area contributed by atoms with Crippen molar-refractivity contribution in [2.45, 2.75) is 25.0 Å². The zero-order valence-electron chi connectivity index (χ0n) is 18.7. The van der Waals surface area contributed by atoms with Crippen molar-refractivity contribution in [3.8, 4) is 5.75 Å². The molecule has 0 amide bonds. The first-order valence-corrected chi connectivity index (χ1v) is 11.3. The molecule has 33 heavy (non-hydrogen) atoms. The number of hydrogen-bond donors (Lipinski definition) is 1. The fourth-order valence-corrected chi connectivity index (χ4v) is 4.72. The lowest BCUT2D eigenvalue weighted by Gasteiger charge is -2.33. The Hall–Kier alpha value is -3.63. The molecule has 4 aromatic rings. The van der Waals surface area contributed by atoms with Crippen LogP contribution in [-0.4, -0.2) is 25.7 Å². The molecule has 0 radical (unpaired) electrons. The third kappa shape index (κ3) is 4.48. The number of methoxy groups -OCH3 is 1. The first kappa shape index (κ1) is 21.2. The maximum Gasteiger partial charge on any atom is 0.337 e. The van der Waals surface area contributed by atoms with Crippen molar-refractivity contribution >= 4 is 16.7 Å². The summed E-state index contributed by atoms with van der Waals surface area (Å²) in [5, 5.41) is 6.15. The summed E-state index contributed by atoms with van der Waals surface area (Å²) in [6, 6.07) is 30.9. The van der Waals surface area contributed by atoms with Crippen LogP contribution in [0.1, 0.15) is 39.4 Å². The maximum absolute atomic E-state index is 11.8. The van der Waals surface area contributed by atoms with Gasteiger partial charge < -0.3 is 14.8 Å². The van der Waals surface area contributed by atoms with E-state index in [0.717, 1.165) is 25.3 Å². The van der Waals surface area contributed by atoms with Crippen molar-refractivity contribution in [2.24, 2.45) is 0 Å². The first-order valence-electron chi connectivity index (χ1n) is 11.3. The number of benzene rings is 4. The number of carbonyl (C=O) groups excluding carboxylic acids is 1. The molecule has 0 bridgehead atoms. The molecule has 2 atom stereocenters. The van der Waals surface area contributed by atoms with Crippen molar-refractivity contribution in [3.63, 3.8) is 0 Å². The molecule has 1 aliphatic rings. The largest absolute Gasteiger partial charge is 0.489 e. The first-order chi connectivity index (χ1) is 16.2. The molecule has 4 heteroatoms. The SMILES string of the molecule is COC(=O)c1ccc(C2CC(CNCc3cccc4ccccc34)Oc3ccccc32)cc1. The van der Waals surface area contributed by atoms with Gasteiger partial charge in [0.2, 0.25) is 0 Å². The molecule has 0 aliphatic carbocycles. The monoisotopic (exact) mass is 437 g/mol. The number of carbonyl (C=O) groups is 1. The Morgan fingerprint density at radius 3 is 2.55 bits per heavy atom. The van der Waals surface area contributed by atoms with Crippen LogP contribution in [0.5, 0.6) is 5.75 Å². The number of para-hydroxylation sites is 1. The van der Waals surface area contributed by atoms with E-state index in [0.29, 0.717) is 5.56 Å². The van der Waals surface area contributed by atoms with Crippen molar-refractivity contribution in [1.29, 1.82) is 0 Å². The molecule has 166 valence electrons. The van der Waals surface area contributed by atoms with Gasteiger partial charge in [0.1, 0.15) is 11.9 Å². The Kier molecular flexibility index (Phi) is 6.09. The summed E-state index contributed by atoms with van der Waals surface area (Å²) in [6.07, 6.45) is 0.928. The highest BCUT2D eigenvalue weighted by Crippen LogP contribution is 2.40. The van der Waals surface area contributed by atoms with Crippen LogP contribution in [0, 0.1) is 0 Å². The van der Waals surface area contributed by atoms with E-state index in [9.17, 15) is 4.79 Å². The smallest absolute Gasteiger partial charge is 0.337 e. The second-order valence-corrected chi connectivity index (χ2v) is 8.45.